The predicted molar refractivity (Wildman–Crippen MR) is 73.4 cm³/mol. The Balaban J connectivity index is 2.49. The maximum atomic E-state index is 13.4. The van der Waals surface area contributed by atoms with Gasteiger partial charge < -0.3 is 5.32 Å². The third-order valence-corrected chi connectivity index (χ3v) is 3.42. The van der Waals surface area contributed by atoms with Gasteiger partial charge in [0.05, 0.1) is 6.04 Å². The van der Waals surface area contributed by atoms with Crippen molar-refractivity contribution in [1.29, 1.82) is 0 Å². The summed E-state index contributed by atoms with van der Waals surface area (Å²) in [5.74, 6) is -0.609. The van der Waals surface area contributed by atoms with Crippen LogP contribution >= 0.6 is 11.6 Å². The van der Waals surface area contributed by atoms with Gasteiger partial charge in [0, 0.05) is 5.02 Å². The Labute approximate surface area is 116 Å². The van der Waals surface area contributed by atoms with Crippen LogP contribution in [-0.2, 0) is 0 Å². The summed E-state index contributed by atoms with van der Waals surface area (Å²) in [6, 6.07) is 8.76. The van der Waals surface area contributed by atoms with Crippen LogP contribution in [0.25, 0.3) is 0 Å². The molecular weight excluding hydrogens is 268 g/mol. The van der Waals surface area contributed by atoms with Crippen molar-refractivity contribution in [2.24, 2.45) is 0 Å². The lowest BCUT2D eigenvalue weighted by Gasteiger charge is -2.19. The molecule has 0 heterocycles. The van der Waals surface area contributed by atoms with E-state index in [4.69, 9.17) is 11.6 Å². The maximum absolute atomic E-state index is 13.4. The van der Waals surface area contributed by atoms with Gasteiger partial charge in [0.1, 0.15) is 11.6 Å². The third-order valence-electron chi connectivity index (χ3n) is 3.07. The quantitative estimate of drug-likeness (QED) is 0.887. The van der Waals surface area contributed by atoms with Crippen molar-refractivity contribution < 1.29 is 8.78 Å². The van der Waals surface area contributed by atoms with E-state index >= 15 is 0 Å². The SMILES string of the molecule is CNC(c1ccc(F)c(C)c1)c1cc(F)ccc1Cl. The topological polar surface area (TPSA) is 12.0 Å². The molecule has 19 heavy (non-hydrogen) atoms. The number of hydrogen-bond acceptors (Lipinski definition) is 1. The van der Waals surface area contributed by atoms with Crippen molar-refractivity contribution in [2.45, 2.75) is 13.0 Å². The first-order chi connectivity index (χ1) is 9.02. The monoisotopic (exact) mass is 281 g/mol. The molecule has 0 aliphatic heterocycles. The standard InChI is InChI=1S/C15H14ClF2N/c1-9-7-10(3-6-14(9)18)15(19-2)12-8-11(17)4-5-13(12)16/h3-8,15,19H,1-2H3. The van der Waals surface area contributed by atoms with Gasteiger partial charge in [-0.25, -0.2) is 8.78 Å². The fraction of sp³-hybridized carbons (Fsp3) is 0.200. The minimum atomic E-state index is -0.349. The van der Waals surface area contributed by atoms with Crippen molar-refractivity contribution in [3.8, 4) is 0 Å². The van der Waals surface area contributed by atoms with E-state index in [1.54, 1.807) is 26.1 Å². The molecule has 1 unspecified atom stereocenters. The van der Waals surface area contributed by atoms with Crippen molar-refractivity contribution in [1.82, 2.24) is 5.32 Å². The van der Waals surface area contributed by atoms with Crippen LogP contribution in [0.4, 0.5) is 8.78 Å². The Morgan fingerprint density at radius 3 is 2.47 bits per heavy atom. The van der Waals surface area contributed by atoms with E-state index in [0.717, 1.165) is 5.56 Å². The summed E-state index contributed by atoms with van der Waals surface area (Å²) in [6.45, 7) is 1.69. The Bertz CT molecular complexity index is 599. The van der Waals surface area contributed by atoms with Gasteiger partial charge in [-0.3, -0.25) is 0 Å². The van der Waals surface area contributed by atoms with E-state index < -0.39 is 0 Å². The van der Waals surface area contributed by atoms with Crippen LogP contribution in [0.5, 0.6) is 0 Å². The first kappa shape index (κ1) is 14.0. The summed E-state index contributed by atoms with van der Waals surface area (Å²) in [4.78, 5) is 0. The lowest BCUT2D eigenvalue weighted by Crippen LogP contribution is -2.18. The molecule has 1 N–H and O–H groups in total. The molecule has 0 aromatic heterocycles. The van der Waals surface area contributed by atoms with Crippen LogP contribution in [0, 0.1) is 18.6 Å². The number of rotatable bonds is 3. The average molecular weight is 282 g/mol. The third kappa shape index (κ3) is 2.94. The van der Waals surface area contributed by atoms with E-state index in [1.807, 2.05) is 0 Å². The summed E-state index contributed by atoms with van der Waals surface area (Å²) in [7, 11) is 1.75. The smallest absolute Gasteiger partial charge is 0.126 e. The zero-order chi connectivity index (χ0) is 14.0. The average Bonchev–Trinajstić information content (AvgIpc) is 2.38. The van der Waals surface area contributed by atoms with E-state index in [-0.39, 0.29) is 17.7 Å². The molecule has 0 spiro atoms. The summed E-state index contributed by atoms with van der Waals surface area (Å²) < 4.78 is 26.7. The first-order valence-electron chi connectivity index (χ1n) is 5.91. The Kier molecular flexibility index (Phi) is 4.17. The second-order valence-corrected chi connectivity index (χ2v) is 4.80. The maximum Gasteiger partial charge on any atom is 0.126 e. The van der Waals surface area contributed by atoms with Gasteiger partial charge in [0.2, 0.25) is 0 Å². The number of benzene rings is 2. The van der Waals surface area contributed by atoms with Crippen LogP contribution in [-0.4, -0.2) is 7.05 Å². The molecule has 2 rings (SSSR count). The molecule has 100 valence electrons. The highest BCUT2D eigenvalue weighted by Gasteiger charge is 2.16. The van der Waals surface area contributed by atoms with Crippen LogP contribution in [0.1, 0.15) is 22.7 Å². The minimum Gasteiger partial charge on any atom is -0.309 e. The second-order valence-electron chi connectivity index (χ2n) is 4.40. The summed E-state index contributed by atoms with van der Waals surface area (Å²) >= 11 is 6.11. The zero-order valence-corrected chi connectivity index (χ0v) is 11.4. The summed E-state index contributed by atoms with van der Waals surface area (Å²) in [5.41, 5.74) is 2.02. The van der Waals surface area contributed by atoms with Crippen LogP contribution in [0.2, 0.25) is 5.02 Å². The fourth-order valence-corrected chi connectivity index (χ4v) is 2.31. The summed E-state index contributed by atoms with van der Waals surface area (Å²) in [5, 5.41) is 3.55. The van der Waals surface area contributed by atoms with Gasteiger partial charge >= 0.3 is 0 Å². The molecule has 0 saturated heterocycles. The molecule has 2 aromatic rings. The van der Waals surface area contributed by atoms with E-state index in [9.17, 15) is 8.78 Å². The molecule has 0 fully saturated rings. The summed E-state index contributed by atoms with van der Waals surface area (Å²) in [6.07, 6.45) is 0. The number of nitrogens with one attached hydrogen (secondary N) is 1. The predicted octanol–water partition coefficient (Wildman–Crippen LogP) is 4.24. The van der Waals surface area contributed by atoms with E-state index in [0.29, 0.717) is 16.1 Å². The lowest BCUT2D eigenvalue weighted by atomic mass is 9.97. The molecule has 2 aromatic carbocycles. The van der Waals surface area contributed by atoms with Crippen molar-refractivity contribution in [2.75, 3.05) is 7.05 Å². The molecule has 4 heteroatoms. The van der Waals surface area contributed by atoms with Gasteiger partial charge in [-0.2, -0.15) is 0 Å². The highest BCUT2D eigenvalue weighted by Crippen LogP contribution is 2.29. The lowest BCUT2D eigenvalue weighted by molar-refractivity contribution is 0.609. The van der Waals surface area contributed by atoms with Gasteiger partial charge in [-0.1, -0.05) is 23.7 Å². The van der Waals surface area contributed by atoms with Crippen LogP contribution in [0.3, 0.4) is 0 Å². The zero-order valence-electron chi connectivity index (χ0n) is 10.7. The van der Waals surface area contributed by atoms with Crippen LogP contribution < -0.4 is 5.32 Å². The number of halogens is 3. The molecule has 0 amide bonds. The van der Waals surface area contributed by atoms with E-state index in [1.165, 1.54) is 24.3 Å². The molecule has 1 nitrogen and oxygen atoms in total. The Morgan fingerprint density at radius 1 is 1.11 bits per heavy atom. The highest BCUT2D eigenvalue weighted by atomic mass is 35.5. The van der Waals surface area contributed by atoms with Crippen molar-refractivity contribution in [3.05, 3.63) is 69.7 Å². The first-order valence-corrected chi connectivity index (χ1v) is 6.29. The van der Waals surface area contributed by atoms with Crippen molar-refractivity contribution >= 4 is 11.6 Å². The molecular formula is C15H14ClF2N. The number of hydrogen-bond donors (Lipinski definition) is 1. The van der Waals surface area contributed by atoms with Gasteiger partial charge in [0.25, 0.3) is 0 Å². The van der Waals surface area contributed by atoms with Gasteiger partial charge in [-0.15, -0.1) is 0 Å². The molecule has 0 saturated carbocycles. The van der Waals surface area contributed by atoms with Gasteiger partial charge in [-0.05, 0) is 54.9 Å². The minimum absolute atomic E-state index is 0.260. The van der Waals surface area contributed by atoms with Gasteiger partial charge in [0.15, 0.2) is 0 Å². The molecule has 0 aliphatic rings. The van der Waals surface area contributed by atoms with Crippen LogP contribution in [0.15, 0.2) is 36.4 Å². The Morgan fingerprint density at radius 2 is 1.84 bits per heavy atom. The molecule has 1 atom stereocenters. The normalized spacial score (nSPS) is 12.5. The van der Waals surface area contributed by atoms with E-state index in [2.05, 4.69) is 5.32 Å². The second kappa shape index (κ2) is 5.68. The largest absolute Gasteiger partial charge is 0.309 e. The highest BCUT2D eigenvalue weighted by molar-refractivity contribution is 6.31. The number of aryl methyl sites for hydroxylation is 1. The molecule has 0 bridgehead atoms. The molecule has 0 aliphatic carbocycles. The Hall–Kier alpha value is -1.45. The van der Waals surface area contributed by atoms with Crippen molar-refractivity contribution in [3.63, 3.8) is 0 Å². The fourth-order valence-electron chi connectivity index (χ4n) is 2.09. The molecule has 0 radical (unpaired) electrons.